The molecule has 0 amide bonds. The summed E-state index contributed by atoms with van der Waals surface area (Å²) in [7, 11) is 0.504. The van der Waals surface area contributed by atoms with E-state index in [1.807, 2.05) is 0 Å². The van der Waals surface area contributed by atoms with Crippen molar-refractivity contribution in [1.29, 1.82) is 0 Å². The number of rotatable bonds is 4. The molecule has 0 heterocycles. The maximum absolute atomic E-state index is 14.9. The molecular formula is C19H5BF12O. The number of halogens is 12. The fourth-order valence-corrected chi connectivity index (χ4v) is 3.19. The molecule has 3 rings (SSSR count). The van der Waals surface area contributed by atoms with Crippen molar-refractivity contribution in [2.75, 3.05) is 7.11 Å². The van der Waals surface area contributed by atoms with Crippen molar-refractivity contribution >= 4 is 23.1 Å². The second-order valence-electron chi connectivity index (χ2n) is 6.40. The summed E-state index contributed by atoms with van der Waals surface area (Å²) in [5, 5.41) is 0. The van der Waals surface area contributed by atoms with E-state index in [0.717, 1.165) is 0 Å². The zero-order valence-corrected chi connectivity index (χ0v) is 15.7. The molecule has 0 atom stereocenters. The molecule has 3 aromatic rings. The van der Waals surface area contributed by atoms with Crippen molar-refractivity contribution in [2.24, 2.45) is 0 Å². The van der Waals surface area contributed by atoms with Crippen molar-refractivity contribution in [2.45, 2.75) is 0 Å². The van der Waals surface area contributed by atoms with Gasteiger partial charge in [-0.15, -0.1) is 0 Å². The van der Waals surface area contributed by atoms with E-state index >= 15 is 0 Å². The predicted molar refractivity (Wildman–Crippen MR) is 90.0 cm³/mol. The Bertz CT molecular complexity index is 1180. The first-order chi connectivity index (χ1) is 15.3. The lowest BCUT2D eigenvalue weighted by Gasteiger charge is -2.21. The lowest BCUT2D eigenvalue weighted by Crippen LogP contribution is -2.60. The first kappa shape index (κ1) is 24.3. The zero-order valence-electron chi connectivity index (χ0n) is 15.7. The van der Waals surface area contributed by atoms with Crippen molar-refractivity contribution < 1.29 is 57.4 Å². The molecule has 3 aromatic carbocycles. The topological polar surface area (TPSA) is 9.23 Å². The van der Waals surface area contributed by atoms with Gasteiger partial charge in [-0.25, -0.2) is 48.3 Å². The highest BCUT2D eigenvalue weighted by atomic mass is 19.2. The molecule has 0 aliphatic rings. The van der Waals surface area contributed by atoms with E-state index in [0.29, 0.717) is 7.11 Å². The molecule has 0 aliphatic carbocycles. The summed E-state index contributed by atoms with van der Waals surface area (Å²) in [5.74, 6) is -30.9. The van der Waals surface area contributed by atoms with Crippen molar-refractivity contribution in [3.63, 3.8) is 0 Å². The fourth-order valence-electron chi connectivity index (χ4n) is 3.19. The average Bonchev–Trinajstić information content (AvgIpc) is 2.75. The van der Waals surface area contributed by atoms with Crippen molar-refractivity contribution in [1.82, 2.24) is 0 Å². The van der Waals surface area contributed by atoms with Gasteiger partial charge in [0.1, 0.15) is 0 Å². The SMILES string of the molecule is COc1c(F)c(F)c(F)c(B(c2c(F)c(F)cc(F)c2F)c2c(F)c(F)cc(F)c2F)c1F. The van der Waals surface area contributed by atoms with Crippen LogP contribution in [0.3, 0.4) is 0 Å². The second kappa shape index (κ2) is 8.56. The molecule has 0 unspecified atom stereocenters. The van der Waals surface area contributed by atoms with E-state index < -0.39 is 111 Å². The third kappa shape index (κ3) is 3.66. The summed E-state index contributed by atoms with van der Waals surface area (Å²) in [6.07, 6.45) is 0. The van der Waals surface area contributed by atoms with Gasteiger partial charge in [0.15, 0.2) is 69.7 Å². The van der Waals surface area contributed by atoms with Gasteiger partial charge in [-0.05, 0) is 0 Å². The van der Waals surface area contributed by atoms with Crippen LogP contribution < -0.4 is 21.1 Å². The lowest BCUT2D eigenvalue weighted by molar-refractivity contribution is 0.338. The number of hydrogen-bond donors (Lipinski definition) is 0. The normalized spacial score (nSPS) is 11.2. The monoisotopic (exact) mass is 488 g/mol. The quantitative estimate of drug-likeness (QED) is 0.235. The predicted octanol–water partition coefficient (Wildman–Crippen LogP) is 3.88. The first-order valence-electron chi connectivity index (χ1n) is 8.40. The van der Waals surface area contributed by atoms with Crippen LogP contribution >= 0.6 is 0 Å². The maximum Gasteiger partial charge on any atom is 0.265 e. The summed E-state index contributed by atoms with van der Waals surface area (Å²) in [6, 6.07) is -0.800. The summed E-state index contributed by atoms with van der Waals surface area (Å²) in [6.45, 7) is -3.45. The molecule has 0 saturated carbocycles. The molecule has 0 aliphatic heterocycles. The third-order valence-electron chi connectivity index (χ3n) is 4.62. The summed E-state index contributed by atoms with van der Waals surface area (Å²) >= 11 is 0. The number of benzene rings is 3. The Morgan fingerprint density at radius 3 is 1.12 bits per heavy atom. The van der Waals surface area contributed by atoms with E-state index in [1.54, 1.807) is 0 Å². The summed E-state index contributed by atoms with van der Waals surface area (Å²) < 4.78 is 175. The number of hydrogen-bond acceptors (Lipinski definition) is 1. The molecule has 0 radical (unpaired) electrons. The molecule has 1 nitrogen and oxygen atoms in total. The van der Waals surface area contributed by atoms with Gasteiger partial charge < -0.3 is 4.74 Å². The lowest BCUT2D eigenvalue weighted by atomic mass is 9.36. The minimum atomic E-state index is -3.45. The van der Waals surface area contributed by atoms with Crippen LogP contribution in [0.1, 0.15) is 0 Å². The van der Waals surface area contributed by atoms with Gasteiger partial charge in [0.2, 0.25) is 5.82 Å². The van der Waals surface area contributed by atoms with Gasteiger partial charge in [0.05, 0.1) is 7.11 Å². The van der Waals surface area contributed by atoms with Gasteiger partial charge in [-0.2, -0.15) is 4.39 Å². The maximum atomic E-state index is 14.9. The van der Waals surface area contributed by atoms with Crippen LogP contribution in [0.2, 0.25) is 0 Å². The van der Waals surface area contributed by atoms with E-state index in [4.69, 9.17) is 0 Å². The average molecular weight is 488 g/mol. The molecule has 14 heteroatoms. The molecule has 0 saturated heterocycles. The van der Waals surface area contributed by atoms with E-state index in [9.17, 15) is 52.7 Å². The minimum Gasteiger partial charge on any atom is -0.491 e. The highest BCUT2D eigenvalue weighted by Crippen LogP contribution is 2.26. The van der Waals surface area contributed by atoms with E-state index in [-0.39, 0.29) is 0 Å². The first-order valence-corrected chi connectivity index (χ1v) is 8.40. The molecule has 33 heavy (non-hydrogen) atoms. The van der Waals surface area contributed by atoms with Crippen LogP contribution in [0.15, 0.2) is 12.1 Å². The molecule has 0 aromatic heterocycles. The van der Waals surface area contributed by atoms with Gasteiger partial charge in [0, 0.05) is 28.5 Å². The van der Waals surface area contributed by atoms with E-state index in [2.05, 4.69) is 4.74 Å². The van der Waals surface area contributed by atoms with Crippen LogP contribution in [-0.2, 0) is 0 Å². The second-order valence-corrected chi connectivity index (χ2v) is 6.40. The Morgan fingerprint density at radius 2 is 0.788 bits per heavy atom. The van der Waals surface area contributed by atoms with Crippen LogP contribution in [0.5, 0.6) is 5.75 Å². The molecule has 0 spiro atoms. The highest BCUT2D eigenvalue weighted by molar-refractivity contribution is 6.95. The molecule has 0 bridgehead atoms. The fraction of sp³-hybridized carbons (Fsp3) is 0.0526. The molecule has 0 N–H and O–H groups in total. The Hall–Kier alpha value is -3.32. The van der Waals surface area contributed by atoms with E-state index in [1.165, 1.54) is 0 Å². The summed E-state index contributed by atoms with van der Waals surface area (Å²) in [4.78, 5) is 0. The van der Waals surface area contributed by atoms with Crippen LogP contribution in [0.4, 0.5) is 52.7 Å². The zero-order chi connectivity index (χ0) is 24.9. The van der Waals surface area contributed by atoms with Gasteiger partial charge in [-0.1, -0.05) is 0 Å². The van der Waals surface area contributed by atoms with Crippen molar-refractivity contribution in [3.05, 3.63) is 81.9 Å². The number of methoxy groups -OCH3 is 1. The molecular weight excluding hydrogens is 483 g/mol. The van der Waals surface area contributed by atoms with Gasteiger partial charge in [-0.3, -0.25) is 0 Å². The van der Waals surface area contributed by atoms with Gasteiger partial charge in [0.25, 0.3) is 6.71 Å². The van der Waals surface area contributed by atoms with Crippen LogP contribution in [-0.4, -0.2) is 13.8 Å². The Balaban J connectivity index is 2.65. The van der Waals surface area contributed by atoms with Crippen molar-refractivity contribution in [3.8, 4) is 5.75 Å². The minimum absolute atomic E-state index is 0.400. The standard InChI is InChI=1S/C19H5BF12O/c1-33-19-16(30)10(15(29)17(31)18(19)32)20(8-11(25)4(21)2-5(22)12(8)26)9-13(27)6(23)3-7(24)14(9)28/h2-3H,1H3. The molecule has 0 fully saturated rings. The Morgan fingerprint density at radius 1 is 0.455 bits per heavy atom. The Labute approximate surface area is 176 Å². The third-order valence-corrected chi connectivity index (χ3v) is 4.62. The van der Waals surface area contributed by atoms with Gasteiger partial charge >= 0.3 is 0 Å². The molecule has 174 valence electrons. The smallest absolute Gasteiger partial charge is 0.265 e. The Kier molecular flexibility index (Phi) is 6.31. The number of ether oxygens (including phenoxy) is 1. The summed E-state index contributed by atoms with van der Waals surface area (Å²) in [5.41, 5.74) is -6.58. The highest BCUT2D eigenvalue weighted by Gasteiger charge is 2.43. The van der Waals surface area contributed by atoms with Crippen LogP contribution in [0, 0.1) is 69.8 Å². The van der Waals surface area contributed by atoms with Crippen LogP contribution in [0.25, 0.3) is 0 Å². The largest absolute Gasteiger partial charge is 0.491 e.